The molecule has 1 aliphatic heterocycles. The summed E-state index contributed by atoms with van der Waals surface area (Å²) in [5.74, 6) is -0.771. The number of nitrogens with one attached hydrogen (secondary N) is 1. The summed E-state index contributed by atoms with van der Waals surface area (Å²) in [5.41, 5.74) is 0. The zero-order chi connectivity index (χ0) is 16.4. The molecule has 6 unspecified atom stereocenters. The van der Waals surface area contributed by atoms with Crippen molar-refractivity contribution in [3.63, 3.8) is 0 Å². The third-order valence-corrected chi connectivity index (χ3v) is 5.78. The molecule has 130 valence electrons. The topological polar surface area (TPSA) is 84.9 Å². The van der Waals surface area contributed by atoms with Crippen molar-refractivity contribution < 1.29 is 24.2 Å². The van der Waals surface area contributed by atoms with Gasteiger partial charge in [0, 0.05) is 25.2 Å². The van der Waals surface area contributed by atoms with Gasteiger partial charge in [-0.3, -0.25) is 9.59 Å². The number of carbonyl (C=O) groups is 2. The molecular formula is C17H27NO5. The molecule has 0 bridgehead atoms. The molecule has 1 heterocycles. The van der Waals surface area contributed by atoms with Crippen molar-refractivity contribution in [2.75, 3.05) is 19.8 Å². The number of carboxylic acids is 1. The fraction of sp³-hybridized carbons (Fsp3) is 0.882. The van der Waals surface area contributed by atoms with Crippen molar-refractivity contribution in [2.45, 2.75) is 51.2 Å². The number of hydrogen-bond donors (Lipinski definition) is 2. The van der Waals surface area contributed by atoms with Gasteiger partial charge in [-0.05, 0) is 38.0 Å². The molecule has 2 aliphatic carbocycles. The fourth-order valence-electron chi connectivity index (χ4n) is 4.64. The number of carboxylic acid groups (broad SMARTS) is 1. The van der Waals surface area contributed by atoms with E-state index < -0.39 is 18.0 Å². The average molecular weight is 325 g/mol. The highest BCUT2D eigenvalue weighted by atomic mass is 16.5. The molecule has 0 radical (unpaired) electrons. The zero-order valence-electron chi connectivity index (χ0n) is 13.7. The molecule has 23 heavy (non-hydrogen) atoms. The van der Waals surface area contributed by atoms with Gasteiger partial charge in [0.1, 0.15) is 6.10 Å². The molecule has 0 aromatic carbocycles. The van der Waals surface area contributed by atoms with Crippen LogP contribution in [0, 0.1) is 23.7 Å². The fourth-order valence-corrected chi connectivity index (χ4v) is 4.64. The number of amides is 1. The van der Waals surface area contributed by atoms with Crippen LogP contribution in [0.15, 0.2) is 0 Å². The second-order valence-corrected chi connectivity index (χ2v) is 7.01. The summed E-state index contributed by atoms with van der Waals surface area (Å²) in [6, 6.07) is -0.240. The molecule has 0 spiro atoms. The Hall–Kier alpha value is -1.14. The summed E-state index contributed by atoms with van der Waals surface area (Å²) >= 11 is 0. The van der Waals surface area contributed by atoms with Crippen LogP contribution >= 0.6 is 0 Å². The van der Waals surface area contributed by atoms with Crippen LogP contribution < -0.4 is 5.32 Å². The van der Waals surface area contributed by atoms with Crippen LogP contribution in [0.1, 0.15) is 39.0 Å². The molecule has 6 nitrogen and oxygen atoms in total. The first-order chi connectivity index (χ1) is 11.1. The first-order valence-electron chi connectivity index (χ1n) is 8.86. The van der Waals surface area contributed by atoms with Crippen LogP contribution in [0.2, 0.25) is 0 Å². The Balaban J connectivity index is 1.65. The molecule has 3 fully saturated rings. The second-order valence-electron chi connectivity index (χ2n) is 7.01. The SMILES string of the molecule is CCOC(C(=O)NC1C2CCCCC2C1C(=O)O)C1CCOC1. The third-order valence-electron chi connectivity index (χ3n) is 5.78. The average Bonchev–Trinajstić information content (AvgIpc) is 3.04. The van der Waals surface area contributed by atoms with Crippen molar-refractivity contribution in [1.29, 1.82) is 0 Å². The Morgan fingerprint density at radius 1 is 1.26 bits per heavy atom. The van der Waals surface area contributed by atoms with E-state index in [-0.39, 0.29) is 23.8 Å². The molecular weight excluding hydrogens is 298 g/mol. The highest BCUT2D eigenvalue weighted by Crippen LogP contribution is 2.49. The number of rotatable bonds is 6. The Morgan fingerprint density at radius 2 is 2.00 bits per heavy atom. The Bertz CT molecular complexity index is 448. The Kier molecular flexibility index (Phi) is 5.21. The molecule has 0 aromatic rings. The van der Waals surface area contributed by atoms with Crippen LogP contribution in [0.4, 0.5) is 0 Å². The Labute approximate surface area is 136 Å². The van der Waals surface area contributed by atoms with E-state index >= 15 is 0 Å². The molecule has 1 amide bonds. The maximum Gasteiger partial charge on any atom is 0.308 e. The standard InChI is InChI=1S/C17H27NO5/c1-2-23-15(10-7-8-22-9-10)16(19)18-14-12-6-4-3-5-11(12)13(14)17(20)21/h10-15H,2-9H2,1H3,(H,18,19)(H,20,21). The zero-order valence-corrected chi connectivity index (χ0v) is 13.7. The molecule has 0 aromatic heterocycles. The van der Waals surface area contributed by atoms with E-state index in [9.17, 15) is 14.7 Å². The van der Waals surface area contributed by atoms with Crippen molar-refractivity contribution in [3.8, 4) is 0 Å². The van der Waals surface area contributed by atoms with Gasteiger partial charge in [-0.2, -0.15) is 0 Å². The first-order valence-corrected chi connectivity index (χ1v) is 8.86. The molecule has 6 heteroatoms. The predicted octanol–water partition coefficient (Wildman–Crippen LogP) is 1.43. The lowest BCUT2D eigenvalue weighted by molar-refractivity contribution is -0.160. The van der Waals surface area contributed by atoms with Gasteiger partial charge in [0.2, 0.25) is 5.91 Å². The van der Waals surface area contributed by atoms with Crippen LogP contribution in [0.25, 0.3) is 0 Å². The van der Waals surface area contributed by atoms with Crippen molar-refractivity contribution in [2.24, 2.45) is 23.7 Å². The number of fused-ring (bicyclic) bond motifs is 1. The van der Waals surface area contributed by atoms with E-state index in [1.807, 2.05) is 6.92 Å². The molecule has 3 aliphatic rings. The lowest BCUT2D eigenvalue weighted by Crippen LogP contribution is -2.64. The monoisotopic (exact) mass is 325 g/mol. The van der Waals surface area contributed by atoms with Crippen LogP contribution in [0.5, 0.6) is 0 Å². The summed E-state index contributed by atoms with van der Waals surface area (Å²) in [6.45, 7) is 3.54. The van der Waals surface area contributed by atoms with Gasteiger partial charge in [-0.15, -0.1) is 0 Å². The Morgan fingerprint density at radius 3 is 2.61 bits per heavy atom. The molecule has 1 saturated heterocycles. The van der Waals surface area contributed by atoms with E-state index in [0.717, 1.165) is 32.1 Å². The predicted molar refractivity (Wildman–Crippen MR) is 82.8 cm³/mol. The minimum atomic E-state index is -0.782. The highest BCUT2D eigenvalue weighted by Gasteiger charge is 2.55. The van der Waals surface area contributed by atoms with Gasteiger partial charge in [-0.25, -0.2) is 0 Å². The van der Waals surface area contributed by atoms with Gasteiger partial charge in [0.05, 0.1) is 12.5 Å². The summed E-state index contributed by atoms with van der Waals surface area (Å²) < 4.78 is 11.0. The maximum absolute atomic E-state index is 12.7. The minimum absolute atomic E-state index is 0.0699. The van der Waals surface area contributed by atoms with Crippen molar-refractivity contribution in [3.05, 3.63) is 0 Å². The van der Waals surface area contributed by atoms with Crippen molar-refractivity contribution in [1.82, 2.24) is 5.32 Å². The molecule has 6 atom stereocenters. The second kappa shape index (κ2) is 7.18. The summed E-state index contributed by atoms with van der Waals surface area (Å²) in [6.07, 6.45) is 4.51. The van der Waals surface area contributed by atoms with Gasteiger partial charge < -0.3 is 19.9 Å². The van der Waals surface area contributed by atoms with Crippen LogP contribution in [0.3, 0.4) is 0 Å². The minimum Gasteiger partial charge on any atom is -0.481 e. The van der Waals surface area contributed by atoms with E-state index in [4.69, 9.17) is 9.47 Å². The summed E-state index contributed by atoms with van der Waals surface area (Å²) in [5, 5.41) is 12.5. The van der Waals surface area contributed by atoms with Gasteiger partial charge in [-0.1, -0.05) is 12.8 Å². The first kappa shape index (κ1) is 16.7. The van der Waals surface area contributed by atoms with Gasteiger partial charge in [0.15, 0.2) is 0 Å². The highest BCUT2D eigenvalue weighted by molar-refractivity contribution is 5.83. The van der Waals surface area contributed by atoms with Gasteiger partial charge in [0.25, 0.3) is 0 Å². The lowest BCUT2D eigenvalue weighted by Gasteiger charge is -2.53. The van der Waals surface area contributed by atoms with E-state index in [1.165, 1.54) is 0 Å². The summed E-state index contributed by atoms with van der Waals surface area (Å²) in [7, 11) is 0. The van der Waals surface area contributed by atoms with E-state index in [1.54, 1.807) is 0 Å². The van der Waals surface area contributed by atoms with E-state index in [0.29, 0.717) is 25.7 Å². The maximum atomic E-state index is 12.7. The van der Waals surface area contributed by atoms with Crippen LogP contribution in [-0.2, 0) is 19.1 Å². The smallest absolute Gasteiger partial charge is 0.308 e. The van der Waals surface area contributed by atoms with E-state index in [2.05, 4.69) is 5.32 Å². The quantitative estimate of drug-likeness (QED) is 0.772. The summed E-state index contributed by atoms with van der Waals surface area (Å²) in [4.78, 5) is 24.3. The van der Waals surface area contributed by atoms with Crippen LogP contribution in [-0.4, -0.2) is 48.9 Å². The molecule has 3 rings (SSSR count). The number of hydrogen-bond acceptors (Lipinski definition) is 4. The molecule has 2 saturated carbocycles. The number of aliphatic carboxylic acids is 1. The number of carbonyl (C=O) groups excluding carboxylic acids is 1. The normalized spacial score (nSPS) is 37.5. The largest absolute Gasteiger partial charge is 0.481 e. The third kappa shape index (κ3) is 3.24. The van der Waals surface area contributed by atoms with Crippen molar-refractivity contribution >= 4 is 11.9 Å². The lowest BCUT2D eigenvalue weighted by atomic mass is 9.55. The van der Waals surface area contributed by atoms with Gasteiger partial charge >= 0.3 is 5.97 Å². The molecule has 2 N–H and O–H groups in total. The number of ether oxygens (including phenoxy) is 2.